The Labute approximate surface area is 285 Å². The molecule has 5 rings (SSSR count). The largest absolute Gasteiger partial charge is 0.457 e. The standard InChI is InChI=1S/C41H58N2O3Si/c1-40(2,3)35-25-23-30(22-24-31(26-29-16-10-9-11-17-29)46-47(7,8)41(4,5)6)27-36(35)43-39(44)42-28-34-32-18-12-14-20-37(32)45-38-21-15-13-19-33(34)38/h12-15,18-21,23,25,27,29,31,34H,9-11,16-17,22,24,26,28H2,1-8H3,(H2,42,43,44). The van der Waals surface area contributed by atoms with Crippen LogP contribution in [0.15, 0.2) is 66.7 Å². The first-order valence-corrected chi connectivity index (χ1v) is 20.8. The molecule has 0 radical (unpaired) electrons. The first-order valence-electron chi connectivity index (χ1n) is 17.9. The zero-order chi connectivity index (χ0) is 33.8. The highest BCUT2D eigenvalue weighted by Crippen LogP contribution is 2.44. The van der Waals surface area contributed by atoms with Crippen molar-refractivity contribution in [3.05, 3.63) is 89.0 Å². The molecule has 2 aliphatic rings. The molecule has 1 heterocycles. The zero-order valence-corrected chi connectivity index (χ0v) is 31.2. The summed E-state index contributed by atoms with van der Waals surface area (Å²) in [5, 5.41) is 6.63. The van der Waals surface area contributed by atoms with E-state index in [0.717, 1.165) is 52.6 Å². The van der Waals surface area contributed by atoms with Crippen molar-refractivity contribution < 1.29 is 14.0 Å². The molecule has 6 heteroatoms. The monoisotopic (exact) mass is 654 g/mol. The molecule has 3 aromatic carbocycles. The van der Waals surface area contributed by atoms with E-state index in [1.807, 2.05) is 36.4 Å². The van der Waals surface area contributed by atoms with E-state index in [4.69, 9.17) is 9.16 Å². The number of benzene rings is 3. The number of nitrogens with one attached hydrogen (secondary N) is 2. The summed E-state index contributed by atoms with van der Waals surface area (Å²) in [6.07, 6.45) is 10.1. The van der Waals surface area contributed by atoms with Gasteiger partial charge in [-0.05, 0) is 78.1 Å². The second-order valence-electron chi connectivity index (χ2n) is 16.5. The Morgan fingerprint density at radius 2 is 1.51 bits per heavy atom. The molecular formula is C41H58N2O3Si. The fraction of sp³-hybridized carbons (Fsp3) is 0.537. The lowest BCUT2D eigenvalue weighted by atomic mass is 9.83. The van der Waals surface area contributed by atoms with E-state index in [2.05, 4.69) is 95.6 Å². The zero-order valence-electron chi connectivity index (χ0n) is 30.2. The average Bonchev–Trinajstić information content (AvgIpc) is 3.01. The van der Waals surface area contributed by atoms with Crippen LogP contribution in [0.5, 0.6) is 11.5 Å². The van der Waals surface area contributed by atoms with E-state index in [-0.39, 0.29) is 28.5 Å². The number of rotatable bonds is 10. The number of aryl methyl sites for hydroxylation is 1. The molecule has 1 atom stereocenters. The van der Waals surface area contributed by atoms with Crippen LogP contribution in [-0.2, 0) is 16.3 Å². The number of carbonyl (C=O) groups excluding carboxylic acids is 1. The van der Waals surface area contributed by atoms with Gasteiger partial charge < -0.3 is 19.8 Å². The van der Waals surface area contributed by atoms with Gasteiger partial charge in [-0.1, -0.05) is 122 Å². The van der Waals surface area contributed by atoms with Crippen molar-refractivity contribution in [1.82, 2.24) is 5.32 Å². The number of hydrogen-bond donors (Lipinski definition) is 2. The van der Waals surface area contributed by atoms with E-state index in [0.29, 0.717) is 6.54 Å². The van der Waals surface area contributed by atoms with Gasteiger partial charge in [0.05, 0.1) is 0 Å². The van der Waals surface area contributed by atoms with Crippen LogP contribution in [0.1, 0.15) is 115 Å². The average molecular weight is 655 g/mol. The first kappa shape index (κ1) is 35.2. The Morgan fingerprint density at radius 3 is 2.11 bits per heavy atom. The SMILES string of the molecule is CC(C)(C)c1ccc(CCC(CC2CCCCC2)O[Si](C)(C)C(C)(C)C)cc1NC(=O)NCC1c2ccccc2Oc2ccccc21. The van der Waals surface area contributed by atoms with Gasteiger partial charge in [0.25, 0.3) is 0 Å². The third-order valence-electron chi connectivity index (χ3n) is 10.8. The highest BCUT2D eigenvalue weighted by atomic mass is 28.4. The maximum Gasteiger partial charge on any atom is 0.319 e. The highest BCUT2D eigenvalue weighted by Gasteiger charge is 2.39. The van der Waals surface area contributed by atoms with Crippen LogP contribution in [0, 0.1) is 5.92 Å². The minimum absolute atomic E-state index is 0.0114. The molecular weight excluding hydrogens is 597 g/mol. The van der Waals surface area contributed by atoms with Gasteiger partial charge in [-0.15, -0.1) is 0 Å². The molecule has 0 spiro atoms. The van der Waals surface area contributed by atoms with E-state index in [1.165, 1.54) is 44.1 Å². The van der Waals surface area contributed by atoms with Gasteiger partial charge in [-0.25, -0.2) is 4.79 Å². The van der Waals surface area contributed by atoms with Crippen LogP contribution < -0.4 is 15.4 Å². The minimum Gasteiger partial charge on any atom is -0.457 e. The van der Waals surface area contributed by atoms with Gasteiger partial charge in [0.15, 0.2) is 8.32 Å². The van der Waals surface area contributed by atoms with Crippen molar-refractivity contribution in [3.63, 3.8) is 0 Å². The summed E-state index contributed by atoms with van der Waals surface area (Å²) in [5.41, 5.74) is 5.32. The lowest BCUT2D eigenvalue weighted by Gasteiger charge is -2.40. The number of amides is 2. The highest BCUT2D eigenvalue weighted by molar-refractivity contribution is 6.74. The lowest BCUT2D eigenvalue weighted by molar-refractivity contribution is 0.129. The molecule has 2 N–H and O–H groups in total. The molecule has 1 fully saturated rings. The number of hydrogen-bond acceptors (Lipinski definition) is 3. The van der Waals surface area contributed by atoms with Gasteiger partial charge in [0.2, 0.25) is 0 Å². The summed E-state index contributed by atoms with van der Waals surface area (Å²) in [4.78, 5) is 13.5. The second-order valence-corrected chi connectivity index (χ2v) is 21.2. The summed E-state index contributed by atoms with van der Waals surface area (Å²) in [5.74, 6) is 2.48. The van der Waals surface area contributed by atoms with Crippen LogP contribution in [0.4, 0.5) is 10.5 Å². The number of ether oxygens (including phenoxy) is 1. The summed E-state index contributed by atoms with van der Waals surface area (Å²) in [6.45, 7) is 18.9. The van der Waals surface area contributed by atoms with Crippen molar-refractivity contribution in [1.29, 1.82) is 0 Å². The number of fused-ring (bicyclic) bond motifs is 2. The maximum absolute atomic E-state index is 13.5. The smallest absolute Gasteiger partial charge is 0.319 e. The molecule has 0 aromatic heterocycles. The molecule has 1 aliphatic carbocycles. The van der Waals surface area contributed by atoms with Crippen molar-refractivity contribution in [2.45, 2.75) is 128 Å². The van der Waals surface area contributed by atoms with Gasteiger partial charge in [-0.3, -0.25) is 0 Å². The summed E-state index contributed by atoms with van der Waals surface area (Å²) in [7, 11) is -1.90. The van der Waals surface area contributed by atoms with Gasteiger partial charge in [-0.2, -0.15) is 0 Å². The maximum atomic E-state index is 13.5. The molecule has 3 aromatic rings. The number of para-hydroxylation sites is 2. The lowest BCUT2D eigenvalue weighted by Crippen LogP contribution is -2.44. The molecule has 1 saturated carbocycles. The van der Waals surface area contributed by atoms with Crippen molar-refractivity contribution in [3.8, 4) is 11.5 Å². The summed E-state index contributed by atoms with van der Waals surface area (Å²) < 4.78 is 13.3. The minimum atomic E-state index is -1.90. The molecule has 47 heavy (non-hydrogen) atoms. The number of carbonyl (C=O) groups is 1. The van der Waals surface area contributed by atoms with Gasteiger partial charge in [0.1, 0.15) is 11.5 Å². The molecule has 0 bridgehead atoms. The Bertz CT molecular complexity index is 1470. The number of urea groups is 1. The fourth-order valence-corrected chi connectivity index (χ4v) is 8.44. The summed E-state index contributed by atoms with van der Waals surface area (Å²) in [6, 6.07) is 22.7. The van der Waals surface area contributed by atoms with Crippen molar-refractivity contribution in [2.24, 2.45) is 5.92 Å². The Morgan fingerprint density at radius 1 is 0.894 bits per heavy atom. The second kappa shape index (κ2) is 14.6. The topological polar surface area (TPSA) is 59.6 Å². The van der Waals surface area contributed by atoms with E-state index >= 15 is 0 Å². The van der Waals surface area contributed by atoms with Gasteiger partial charge >= 0.3 is 6.03 Å². The third kappa shape index (κ3) is 8.88. The Balaban J connectivity index is 1.30. The Hall–Kier alpha value is -3.09. The normalized spacial score (nSPS) is 16.5. The van der Waals surface area contributed by atoms with E-state index in [1.54, 1.807) is 0 Å². The molecule has 254 valence electrons. The van der Waals surface area contributed by atoms with E-state index in [9.17, 15) is 4.79 Å². The van der Waals surface area contributed by atoms with Crippen LogP contribution in [-0.4, -0.2) is 27.0 Å². The molecule has 2 amide bonds. The van der Waals surface area contributed by atoms with Crippen LogP contribution in [0.2, 0.25) is 18.1 Å². The third-order valence-corrected chi connectivity index (χ3v) is 15.3. The fourth-order valence-electron chi connectivity index (χ4n) is 7.03. The molecule has 1 aliphatic heterocycles. The van der Waals surface area contributed by atoms with Crippen LogP contribution in [0.3, 0.4) is 0 Å². The Kier molecular flexibility index (Phi) is 10.9. The molecule has 1 unspecified atom stereocenters. The quantitative estimate of drug-likeness (QED) is 0.214. The first-order chi connectivity index (χ1) is 22.2. The predicted molar refractivity (Wildman–Crippen MR) is 199 cm³/mol. The summed E-state index contributed by atoms with van der Waals surface area (Å²) >= 11 is 0. The van der Waals surface area contributed by atoms with Crippen LogP contribution in [0.25, 0.3) is 0 Å². The van der Waals surface area contributed by atoms with Crippen molar-refractivity contribution >= 4 is 20.0 Å². The molecule has 0 saturated heterocycles. The van der Waals surface area contributed by atoms with Crippen LogP contribution >= 0.6 is 0 Å². The molecule has 5 nitrogen and oxygen atoms in total. The number of anilines is 1. The van der Waals surface area contributed by atoms with E-state index < -0.39 is 8.32 Å². The van der Waals surface area contributed by atoms with Gasteiger partial charge in [0, 0.05) is 35.4 Å². The van der Waals surface area contributed by atoms with Crippen molar-refractivity contribution in [2.75, 3.05) is 11.9 Å². The predicted octanol–water partition coefficient (Wildman–Crippen LogP) is 11.3.